The molecule has 3 N–H and O–H groups in total. The molecule has 0 bridgehead atoms. The van der Waals surface area contributed by atoms with Gasteiger partial charge in [-0.1, -0.05) is 12.1 Å². The van der Waals surface area contributed by atoms with Crippen LogP contribution in [0.25, 0.3) is 11.0 Å². The minimum absolute atomic E-state index is 0.0280. The topological polar surface area (TPSA) is 143 Å². The molecule has 1 aromatic carbocycles. The molecule has 0 atom stereocenters. The Morgan fingerprint density at radius 2 is 1.84 bits per heavy atom. The Morgan fingerprint density at radius 3 is 2.50 bits per heavy atom. The highest BCUT2D eigenvalue weighted by Gasteiger charge is 2.28. The lowest BCUT2D eigenvalue weighted by molar-refractivity contribution is 0.0950. The Hall–Kier alpha value is -3.31. The zero-order valence-corrected chi connectivity index (χ0v) is 17.8. The summed E-state index contributed by atoms with van der Waals surface area (Å²) in [6.07, 6.45) is 4.76. The first-order chi connectivity index (χ1) is 15.3. The Labute approximate surface area is 182 Å². The molecule has 2 aliphatic carbocycles. The van der Waals surface area contributed by atoms with E-state index in [1.807, 2.05) is 0 Å². The summed E-state index contributed by atoms with van der Waals surface area (Å²) in [5.41, 5.74) is 0.109. The van der Waals surface area contributed by atoms with Crippen LogP contribution < -0.4 is 21.3 Å². The van der Waals surface area contributed by atoms with Crippen molar-refractivity contribution < 1.29 is 13.2 Å². The smallest absolute Gasteiger partial charge is 0.330 e. The maximum atomic E-state index is 12.6. The van der Waals surface area contributed by atoms with E-state index in [9.17, 15) is 22.8 Å². The molecule has 0 unspecified atom stereocenters. The molecular formula is C21H21N5O5S. The highest BCUT2D eigenvalue weighted by Crippen LogP contribution is 2.34. The van der Waals surface area contributed by atoms with Gasteiger partial charge in [-0.2, -0.15) is 0 Å². The molecule has 3 aromatic rings. The molecule has 11 heteroatoms. The third-order valence-electron chi connectivity index (χ3n) is 5.54. The lowest BCUT2D eigenvalue weighted by atomic mass is 10.2. The van der Waals surface area contributed by atoms with Crippen LogP contribution in [0.15, 0.2) is 51.0 Å². The number of hydrogen-bond donors (Lipinski definition) is 3. The number of pyridine rings is 1. The number of aromatic nitrogens is 3. The van der Waals surface area contributed by atoms with Gasteiger partial charge in [-0.3, -0.25) is 19.1 Å². The molecular weight excluding hydrogens is 434 g/mol. The van der Waals surface area contributed by atoms with Crippen LogP contribution in [0.1, 0.15) is 47.6 Å². The number of carbonyl (C=O) groups excluding carboxylic acids is 1. The predicted molar refractivity (Wildman–Crippen MR) is 116 cm³/mol. The van der Waals surface area contributed by atoms with Crippen LogP contribution >= 0.6 is 0 Å². The molecule has 2 saturated carbocycles. The number of benzene rings is 1. The number of fused-ring (bicyclic) bond motifs is 1. The van der Waals surface area contributed by atoms with Crippen molar-refractivity contribution in [3.63, 3.8) is 0 Å². The van der Waals surface area contributed by atoms with Gasteiger partial charge in [-0.15, -0.1) is 0 Å². The molecule has 1 amide bonds. The first kappa shape index (κ1) is 20.6. The molecule has 5 rings (SSSR count). The second-order valence-electron chi connectivity index (χ2n) is 8.18. The van der Waals surface area contributed by atoms with Gasteiger partial charge >= 0.3 is 5.69 Å². The van der Waals surface area contributed by atoms with Crippen LogP contribution in [0.4, 0.5) is 0 Å². The number of aromatic amines is 1. The quantitative estimate of drug-likeness (QED) is 0.481. The maximum Gasteiger partial charge on any atom is 0.330 e. The number of nitrogens with one attached hydrogen (secondary N) is 3. The van der Waals surface area contributed by atoms with Crippen LogP contribution in [-0.4, -0.2) is 34.9 Å². The van der Waals surface area contributed by atoms with E-state index >= 15 is 0 Å². The zero-order chi connectivity index (χ0) is 22.5. The highest BCUT2D eigenvalue weighted by molar-refractivity contribution is 7.89. The summed E-state index contributed by atoms with van der Waals surface area (Å²) in [7, 11) is -3.52. The number of H-pyrrole nitrogens is 1. The number of amides is 1. The van der Waals surface area contributed by atoms with Crippen molar-refractivity contribution in [1.82, 2.24) is 24.6 Å². The number of rotatable bonds is 7. The standard InChI is InChI=1S/C21H21N5O5S/c27-19(23-10-12-1-7-16(8-2-12)32(30,31)25-14-3-4-14)13-9-17-18(22-11-13)26(15-5-6-15)21(29)24-20(17)28/h1-2,7-9,11,14-15,25H,3-6,10H2,(H,23,27)(H,24,28,29). The Balaban J connectivity index is 1.31. The fourth-order valence-electron chi connectivity index (χ4n) is 3.49. The summed E-state index contributed by atoms with van der Waals surface area (Å²) in [5.74, 6) is -0.435. The SMILES string of the molecule is O=C(NCc1ccc(S(=O)(=O)NC2CC2)cc1)c1cnc2c(c1)c(=O)[nH]c(=O)n2C1CC1. The maximum absolute atomic E-state index is 12.6. The van der Waals surface area contributed by atoms with Crippen molar-refractivity contribution in [1.29, 1.82) is 0 Å². The third-order valence-corrected chi connectivity index (χ3v) is 7.08. The van der Waals surface area contributed by atoms with E-state index in [1.165, 1.54) is 29.0 Å². The minimum atomic E-state index is -3.52. The average Bonchev–Trinajstić information content (AvgIpc) is 3.69. The fourth-order valence-corrected chi connectivity index (χ4v) is 4.80. The first-order valence-electron chi connectivity index (χ1n) is 10.4. The van der Waals surface area contributed by atoms with Crippen molar-refractivity contribution in [3.05, 3.63) is 68.5 Å². The number of sulfonamides is 1. The van der Waals surface area contributed by atoms with E-state index in [0.29, 0.717) is 0 Å². The predicted octanol–water partition coefficient (Wildman–Crippen LogP) is 0.790. The number of carbonyl (C=O) groups is 1. The molecule has 10 nitrogen and oxygen atoms in total. The van der Waals surface area contributed by atoms with E-state index in [0.717, 1.165) is 31.2 Å². The van der Waals surface area contributed by atoms with Crippen LogP contribution in [0.2, 0.25) is 0 Å². The molecule has 2 aliphatic rings. The van der Waals surface area contributed by atoms with Gasteiger partial charge in [0.05, 0.1) is 15.8 Å². The second kappa shape index (κ2) is 7.68. The first-order valence-corrected chi connectivity index (χ1v) is 11.8. The molecule has 2 fully saturated rings. The fraction of sp³-hybridized carbons (Fsp3) is 0.333. The molecule has 2 heterocycles. The van der Waals surface area contributed by atoms with Crippen molar-refractivity contribution in [2.75, 3.05) is 0 Å². The summed E-state index contributed by atoms with van der Waals surface area (Å²) in [5, 5.41) is 2.92. The number of nitrogens with zero attached hydrogens (tertiary/aromatic N) is 2. The normalized spacial score (nSPS) is 16.2. The van der Waals surface area contributed by atoms with Crippen LogP contribution in [0, 0.1) is 0 Å². The van der Waals surface area contributed by atoms with E-state index in [2.05, 4.69) is 20.0 Å². The summed E-state index contributed by atoms with van der Waals surface area (Å²) in [6.45, 7) is 0.172. The van der Waals surface area contributed by atoms with E-state index < -0.39 is 27.2 Å². The Kier molecular flexibility index (Phi) is 4.94. The van der Waals surface area contributed by atoms with Gasteiger partial charge in [0, 0.05) is 24.8 Å². The lowest BCUT2D eigenvalue weighted by Crippen LogP contribution is -2.31. The highest BCUT2D eigenvalue weighted by atomic mass is 32.2. The Morgan fingerprint density at radius 1 is 1.12 bits per heavy atom. The van der Waals surface area contributed by atoms with Crippen molar-refractivity contribution in [3.8, 4) is 0 Å². The number of hydrogen-bond acceptors (Lipinski definition) is 6. The van der Waals surface area contributed by atoms with Gasteiger partial charge in [0.1, 0.15) is 5.65 Å². The van der Waals surface area contributed by atoms with Gasteiger partial charge in [-0.25, -0.2) is 22.9 Å². The summed E-state index contributed by atoms with van der Waals surface area (Å²) in [6, 6.07) is 7.76. The molecule has 2 aromatic heterocycles. The molecule has 0 saturated heterocycles. The van der Waals surface area contributed by atoms with Crippen LogP contribution in [0.5, 0.6) is 0 Å². The van der Waals surface area contributed by atoms with E-state index in [-0.39, 0.29) is 40.1 Å². The van der Waals surface area contributed by atoms with Gasteiger partial charge in [0.15, 0.2) is 0 Å². The van der Waals surface area contributed by atoms with Gasteiger partial charge in [0.25, 0.3) is 11.5 Å². The van der Waals surface area contributed by atoms with Crippen LogP contribution in [-0.2, 0) is 16.6 Å². The second-order valence-corrected chi connectivity index (χ2v) is 9.89. The van der Waals surface area contributed by atoms with E-state index in [1.54, 1.807) is 12.1 Å². The van der Waals surface area contributed by atoms with Crippen LogP contribution in [0.3, 0.4) is 0 Å². The van der Waals surface area contributed by atoms with Crippen molar-refractivity contribution in [2.45, 2.75) is 49.2 Å². The molecule has 0 aliphatic heterocycles. The zero-order valence-electron chi connectivity index (χ0n) is 17.0. The van der Waals surface area contributed by atoms with Crippen molar-refractivity contribution >= 4 is 27.0 Å². The lowest BCUT2D eigenvalue weighted by Gasteiger charge is -2.10. The molecule has 0 spiro atoms. The van der Waals surface area contributed by atoms with E-state index in [4.69, 9.17) is 0 Å². The van der Waals surface area contributed by atoms with Gasteiger partial charge in [-0.05, 0) is 49.4 Å². The monoisotopic (exact) mass is 455 g/mol. The summed E-state index contributed by atoms with van der Waals surface area (Å²) < 4.78 is 28.6. The molecule has 0 radical (unpaired) electrons. The molecule has 166 valence electrons. The Bertz CT molecular complexity index is 1430. The summed E-state index contributed by atoms with van der Waals surface area (Å²) in [4.78, 5) is 43.6. The summed E-state index contributed by atoms with van der Waals surface area (Å²) >= 11 is 0. The van der Waals surface area contributed by atoms with Gasteiger partial charge < -0.3 is 5.32 Å². The minimum Gasteiger partial charge on any atom is -0.348 e. The van der Waals surface area contributed by atoms with Gasteiger partial charge in [0.2, 0.25) is 10.0 Å². The third kappa shape index (κ3) is 4.08. The van der Waals surface area contributed by atoms with Crippen molar-refractivity contribution in [2.24, 2.45) is 0 Å². The average molecular weight is 455 g/mol. The molecule has 32 heavy (non-hydrogen) atoms. The largest absolute Gasteiger partial charge is 0.348 e.